The van der Waals surface area contributed by atoms with E-state index in [-0.39, 0.29) is 24.4 Å². The molecule has 27 heavy (non-hydrogen) atoms. The number of halogens is 1. The molecule has 1 saturated heterocycles. The van der Waals surface area contributed by atoms with Crippen LogP contribution in [-0.2, 0) is 4.79 Å². The Morgan fingerprint density at radius 1 is 1.00 bits per heavy atom. The second kappa shape index (κ2) is 9.98. The first kappa shape index (κ1) is 20.0. The molecule has 0 spiro atoms. The predicted octanol–water partition coefficient (Wildman–Crippen LogP) is 4.22. The molecule has 0 radical (unpaired) electrons. The monoisotopic (exact) mass is 391 g/mol. The fourth-order valence-corrected chi connectivity index (χ4v) is 4.13. The molecular formula is C21H30ClN3O2. The number of carbonyl (C=O) groups is 2. The summed E-state index contributed by atoms with van der Waals surface area (Å²) in [7, 11) is 0. The van der Waals surface area contributed by atoms with Crippen LogP contribution in [0, 0.1) is 0 Å². The lowest BCUT2D eigenvalue weighted by molar-refractivity contribution is -0.129. The van der Waals surface area contributed by atoms with Gasteiger partial charge in [0.1, 0.15) is 0 Å². The number of amides is 2. The van der Waals surface area contributed by atoms with E-state index in [9.17, 15) is 9.59 Å². The van der Waals surface area contributed by atoms with Crippen molar-refractivity contribution >= 4 is 29.1 Å². The minimum atomic E-state index is -0.130. The largest absolute Gasteiger partial charge is 0.376 e. The van der Waals surface area contributed by atoms with E-state index in [4.69, 9.17) is 11.6 Å². The normalized spacial score (nSPS) is 18.6. The van der Waals surface area contributed by atoms with Gasteiger partial charge in [0.15, 0.2) is 0 Å². The molecule has 5 nitrogen and oxygen atoms in total. The van der Waals surface area contributed by atoms with E-state index >= 15 is 0 Å². The first-order valence-electron chi connectivity index (χ1n) is 10.3. The van der Waals surface area contributed by atoms with E-state index in [1.165, 1.54) is 32.1 Å². The SMILES string of the molecule is O=C(NC1CCCCC1)c1cc(NCC(=O)N2CCCCCC2)ccc1Cl. The lowest BCUT2D eigenvalue weighted by Gasteiger charge is -2.23. The quantitative estimate of drug-likeness (QED) is 0.790. The standard InChI is InChI=1S/C21H30ClN3O2/c22-19-11-10-17(23-15-20(26)25-12-6-1-2-7-13-25)14-18(19)21(27)24-16-8-4-3-5-9-16/h10-11,14,16,23H,1-9,12-13,15H2,(H,24,27). The molecule has 2 amide bonds. The highest BCUT2D eigenvalue weighted by molar-refractivity contribution is 6.34. The van der Waals surface area contributed by atoms with Crippen molar-refractivity contribution in [3.63, 3.8) is 0 Å². The van der Waals surface area contributed by atoms with Gasteiger partial charge in [-0.05, 0) is 43.9 Å². The van der Waals surface area contributed by atoms with Gasteiger partial charge in [0.25, 0.3) is 5.91 Å². The zero-order valence-corrected chi connectivity index (χ0v) is 16.7. The summed E-state index contributed by atoms with van der Waals surface area (Å²) in [4.78, 5) is 27.0. The molecule has 148 valence electrons. The predicted molar refractivity (Wildman–Crippen MR) is 109 cm³/mol. The fourth-order valence-electron chi connectivity index (χ4n) is 3.93. The molecule has 0 atom stereocenters. The summed E-state index contributed by atoms with van der Waals surface area (Å²) in [6.07, 6.45) is 10.2. The highest BCUT2D eigenvalue weighted by Crippen LogP contribution is 2.23. The molecule has 1 aliphatic carbocycles. The molecule has 1 heterocycles. The maximum Gasteiger partial charge on any atom is 0.253 e. The molecule has 3 rings (SSSR count). The Morgan fingerprint density at radius 2 is 1.67 bits per heavy atom. The van der Waals surface area contributed by atoms with Gasteiger partial charge in [-0.15, -0.1) is 0 Å². The lowest BCUT2D eigenvalue weighted by atomic mass is 9.95. The van der Waals surface area contributed by atoms with Crippen molar-refractivity contribution in [1.29, 1.82) is 0 Å². The van der Waals surface area contributed by atoms with Gasteiger partial charge in [0.2, 0.25) is 5.91 Å². The molecule has 1 aromatic carbocycles. The van der Waals surface area contributed by atoms with E-state index < -0.39 is 0 Å². The molecule has 2 N–H and O–H groups in total. The van der Waals surface area contributed by atoms with E-state index in [1.807, 2.05) is 11.0 Å². The number of nitrogens with zero attached hydrogens (tertiary/aromatic N) is 1. The summed E-state index contributed by atoms with van der Waals surface area (Å²) in [6, 6.07) is 5.52. The topological polar surface area (TPSA) is 61.4 Å². The number of benzene rings is 1. The third kappa shape index (κ3) is 5.86. The molecule has 0 bridgehead atoms. The van der Waals surface area contributed by atoms with Gasteiger partial charge in [0.05, 0.1) is 17.1 Å². The Balaban J connectivity index is 1.57. The molecule has 1 saturated carbocycles. The van der Waals surface area contributed by atoms with Crippen LogP contribution in [0.25, 0.3) is 0 Å². The number of nitrogens with one attached hydrogen (secondary N) is 2. The van der Waals surface area contributed by atoms with Crippen LogP contribution in [0.3, 0.4) is 0 Å². The van der Waals surface area contributed by atoms with Crippen molar-refractivity contribution in [3.05, 3.63) is 28.8 Å². The second-order valence-corrected chi connectivity index (χ2v) is 8.06. The molecule has 1 aromatic rings. The number of hydrogen-bond donors (Lipinski definition) is 2. The Labute approximate surface area is 166 Å². The second-order valence-electron chi connectivity index (χ2n) is 7.65. The molecule has 0 unspecified atom stereocenters. The van der Waals surface area contributed by atoms with E-state index in [0.29, 0.717) is 10.6 Å². The minimum absolute atomic E-state index is 0.111. The number of hydrogen-bond acceptors (Lipinski definition) is 3. The van der Waals surface area contributed by atoms with Crippen LogP contribution in [0.1, 0.15) is 68.1 Å². The summed E-state index contributed by atoms with van der Waals surface area (Å²) < 4.78 is 0. The summed E-state index contributed by atoms with van der Waals surface area (Å²) in [5, 5.41) is 6.70. The maximum absolute atomic E-state index is 12.6. The van der Waals surface area contributed by atoms with Crippen LogP contribution < -0.4 is 10.6 Å². The van der Waals surface area contributed by atoms with Crippen molar-refractivity contribution in [2.45, 2.75) is 63.8 Å². The van der Waals surface area contributed by atoms with Gasteiger partial charge in [-0.3, -0.25) is 9.59 Å². The lowest BCUT2D eigenvalue weighted by Crippen LogP contribution is -2.36. The van der Waals surface area contributed by atoms with Crippen molar-refractivity contribution in [2.75, 3.05) is 25.0 Å². The van der Waals surface area contributed by atoms with Crippen LogP contribution in [0.5, 0.6) is 0 Å². The first-order chi connectivity index (χ1) is 13.1. The van der Waals surface area contributed by atoms with Crippen molar-refractivity contribution in [3.8, 4) is 0 Å². The van der Waals surface area contributed by atoms with Crippen LogP contribution >= 0.6 is 11.6 Å². The molecule has 1 aliphatic heterocycles. The van der Waals surface area contributed by atoms with Crippen LogP contribution in [0.4, 0.5) is 5.69 Å². The van der Waals surface area contributed by atoms with Crippen LogP contribution in [-0.4, -0.2) is 42.4 Å². The third-order valence-electron chi connectivity index (χ3n) is 5.55. The van der Waals surface area contributed by atoms with E-state index in [1.54, 1.807) is 12.1 Å². The van der Waals surface area contributed by atoms with Gasteiger partial charge >= 0.3 is 0 Å². The Kier molecular flexibility index (Phi) is 7.39. The number of likely N-dealkylation sites (tertiary alicyclic amines) is 1. The van der Waals surface area contributed by atoms with Gasteiger partial charge in [0, 0.05) is 24.8 Å². The van der Waals surface area contributed by atoms with Gasteiger partial charge in [-0.2, -0.15) is 0 Å². The highest BCUT2D eigenvalue weighted by Gasteiger charge is 2.19. The average Bonchev–Trinajstić information content (AvgIpc) is 2.97. The summed E-state index contributed by atoms with van der Waals surface area (Å²) in [5.74, 6) is -0.0190. The zero-order valence-electron chi connectivity index (χ0n) is 15.9. The zero-order chi connectivity index (χ0) is 19.1. The number of anilines is 1. The van der Waals surface area contributed by atoms with Crippen LogP contribution in [0.15, 0.2) is 18.2 Å². The van der Waals surface area contributed by atoms with Gasteiger partial charge in [-0.1, -0.05) is 43.7 Å². The van der Waals surface area contributed by atoms with Gasteiger partial charge < -0.3 is 15.5 Å². The average molecular weight is 392 g/mol. The van der Waals surface area contributed by atoms with Gasteiger partial charge in [-0.25, -0.2) is 0 Å². The Hall–Kier alpha value is -1.75. The van der Waals surface area contributed by atoms with Crippen molar-refractivity contribution < 1.29 is 9.59 Å². The molecular weight excluding hydrogens is 362 g/mol. The Morgan fingerprint density at radius 3 is 2.37 bits per heavy atom. The molecule has 6 heteroatoms. The number of carbonyl (C=O) groups excluding carboxylic acids is 2. The van der Waals surface area contributed by atoms with Crippen LogP contribution in [0.2, 0.25) is 5.02 Å². The third-order valence-corrected chi connectivity index (χ3v) is 5.88. The highest BCUT2D eigenvalue weighted by atomic mass is 35.5. The molecule has 2 aliphatic rings. The van der Waals surface area contributed by atoms with E-state index in [2.05, 4.69) is 10.6 Å². The summed E-state index contributed by atoms with van der Waals surface area (Å²) in [6.45, 7) is 1.93. The summed E-state index contributed by atoms with van der Waals surface area (Å²) in [5.41, 5.74) is 1.21. The number of rotatable bonds is 5. The van der Waals surface area contributed by atoms with E-state index in [0.717, 1.165) is 44.5 Å². The van der Waals surface area contributed by atoms with Crippen molar-refractivity contribution in [2.24, 2.45) is 0 Å². The smallest absolute Gasteiger partial charge is 0.253 e. The van der Waals surface area contributed by atoms with Crippen molar-refractivity contribution in [1.82, 2.24) is 10.2 Å². The molecule has 0 aromatic heterocycles. The Bertz CT molecular complexity index is 651. The first-order valence-corrected chi connectivity index (χ1v) is 10.6. The fraction of sp³-hybridized carbons (Fsp3) is 0.619. The molecule has 2 fully saturated rings. The maximum atomic E-state index is 12.6. The summed E-state index contributed by atoms with van der Waals surface area (Å²) >= 11 is 6.25. The minimum Gasteiger partial charge on any atom is -0.376 e.